The molecule has 1 aromatic carbocycles. The van der Waals surface area contributed by atoms with Crippen LogP contribution in [-0.4, -0.2) is 30.0 Å². The summed E-state index contributed by atoms with van der Waals surface area (Å²) in [7, 11) is 0. The number of primary amides is 1. The van der Waals surface area contributed by atoms with Gasteiger partial charge in [-0.3, -0.25) is 9.78 Å². The van der Waals surface area contributed by atoms with Gasteiger partial charge in [0.05, 0.1) is 11.9 Å². The second-order valence-corrected chi connectivity index (χ2v) is 5.48. The number of benzene rings is 1. The summed E-state index contributed by atoms with van der Waals surface area (Å²) in [6.45, 7) is 2.10. The van der Waals surface area contributed by atoms with Crippen molar-refractivity contribution in [1.82, 2.24) is 10.3 Å². The molecule has 0 saturated carbocycles. The second kappa shape index (κ2) is 6.10. The number of rotatable bonds is 4. The minimum atomic E-state index is -0.332. The number of anilines is 1. The predicted molar refractivity (Wildman–Crippen MR) is 84.2 cm³/mol. The Balaban J connectivity index is 1.94. The van der Waals surface area contributed by atoms with Gasteiger partial charge < -0.3 is 16.4 Å². The van der Waals surface area contributed by atoms with Crippen molar-refractivity contribution in [1.29, 1.82) is 0 Å². The molecule has 1 amide bonds. The number of hydrogen-bond donors (Lipinski definition) is 3. The van der Waals surface area contributed by atoms with E-state index in [1.807, 2.05) is 24.3 Å². The number of amides is 1. The number of hydrogen-bond acceptors (Lipinski definition) is 4. The van der Waals surface area contributed by atoms with Gasteiger partial charge in [0.25, 0.3) is 0 Å². The first-order chi connectivity index (χ1) is 10.2. The number of fused-ring (bicyclic) bond motifs is 1. The van der Waals surface area contributed by atoms with Gasteiger partial charge in [0.1, 0.15) is 0 Å². The van der Waals surface area contributed by atoms with Crippen LogP contribution >= 0.6 is 0 Å². The molecule has 1 saturated heterocycles. The normalized spacial score (nSPS) is 16.0. The molecule has 0 bridgehead atoms. The summed E-state index contributed by atoms with van der Waals surface area (Å²) in [6, 6.07) is 8.42. The molecule has 21 heavy (non-hydrogen) atoms. The molecule has 1 aromatic heterocycles. The van der Waals surface area contributed by atoms with Gasteiger partial charge in [-0.1, -0.05) is 6.07 Å². The number of nitrogens with two attached hydrogens (primary N) is 1. The van der Waals surface area contributed by atoms with Crippen LogP contribution in [0.2, 0.25) is 0 Å². The van der Waals surface area contributed by atoms with Crippen LogP contribution in [0.4, 0.5) is 5.69 Å². The van der Waals surface area contributed by atoms with Gasteiger partial charge >= 0.3 is 0 Å². The van der Waals surface area contributed by atoms with Crippen molar-refractivity contribution in [3.8, 4) is 0 Å². The number of nitrogens with one attached hydrogen (secondary N) is 2. The zero-order chi connectivity index (χ0) is 14.7. The molecule has 0 spiro atoms. The fraction of sp³-hybridized carbons (Fsp3) is 0.375. The third-order valence-corrected chi connectivity index (χ3v) is 3.92. The Kier molecular flexibility index (Phi) is 4.01. The van der Waals surface area contributed by atoms with Crippen LogP contribution in [0.5, 0.6) is 0 Å². The summed E-state index contributed by atoms with van der Waals surface area (Å²) in [5.74, 6) is -0.332. The molecule has 3 rings (SSSR count). The van der Waals surface area contributed by atoms with E-state index in [9.17, 15) is 4.79 Å². The lowest BCUT2D eigenvalue weighted by Crippen LogP contribution is -2.35. The molecule has 0 aliphatic carbocycles. The molecule has 4 N–H and O–H groups in total. The topological polar surface area (TPSA) is 80.0 Å². The first kappa shape index (κ1) is 13.8. The largest absolute Gasteiger partial charge is 0.382 e. The molecule has 0 radical (unpaired) electrons. The molecule has 2 heterocycles. The van der Waals surface area contributed by atoms with Crippen LogP contribution in [-0.2, 0) is 11.2 Å². The van der Waals surface area contributed by atoms with Gasteiger partial charge in [0.15, 0.2) is 0 Å². The Hall–Kier alpha value is -2.14. The van der Waals surface area contributed by atoms with E-state index in [1.54, 1.807) is 6.20 Å². The first-order valence-electron chi connectivity index (χ1n) is 7.36. The van der Waals surface area contributed by atoms with Crippen LogP contribution < -0.4 is 16.4 Å². The van der Waals surface area contributed by atoms with Gasteiger partial charge in [-0.05, 0) is 49.7 Å². The molecule has 1 fully saturated rings. The molecule has 0 unspecified atom stereocenters. The van der Waals surface area contributed by atoms with E-state index < -0.39 is 0 Å². The van der Waals surface area contributed by atoms with E-state index in [0.717, 1.165) is 48.1 Å². The number of pyridine rings is 1. The quantitative estimate of drug-likeness (QED) is 0.793. The highest BCUT2D eigenvalue weighted by Crippen LogP contribution is 2.27. The Morgan fingerprint density at radius 1 is 1.33 bits per heavy atom. The standard InChI is InChI=1S/C16H20N4O/c17-15(21)10-11-3-4-14(13-2-1-7-19-16(11)13)20-12-5-8-18-9-6-12/h1-4,7,12,18,20H,5-6,8-10H2,(H2,17,21). The van der Waals surface area contributed by atoms with Crippen molar-refractivity contribution in [2.24, 2.45) is 5.73 Å². The summed E-state index contributed by atoms with van der Waals surface area (Å²) in [4.78, 5) is 15.6. The highest BCUT2D eigenvalue weighted by Gasteiger charge is 2.15. The Labute approximate surface area is 123 Å². The highest BCUT2D eigenvalue weighted by molar-refractivity contribution is 5.95. The third-order valence-electron chi connectivity index (χ3n) is 3.92. The van der Waals surface area contributed by atoms with Crippen molar-refractivity contribution >= 4 is 22.5 Å². The summed E-state index contributed by atoms with van der Waals surface area (Å²) < 4.78 is 0. The van der Waals surface area contributed by atoms with Gasteiger partial charge in [-0.2, -0.15) is 0 Å². The van der Waals surface area contributed by atoms with Crippen LogP contribution in [0.3, 0.4) is 0 Å². The maximum absolute atomic E-state index is 11.2. The van der Waals surface area contributed by atoms with Crippen LogP contribution in [0.15, 0.2) is 30.5 Å². The van der Waals surface area contributed by atoms with Crippen molar-refractivity contribution in [2.75, 3.05) is 18.4 Å². The second-order valence-electron chi connectivity index (χ2n) is 5.48. The lowest BCUT2D eigenvalue weighted by atomic mass is 10.0. The molecular formula is C16H20N4O. The van der Waals surface area contributed by atoms with Crippen LogP contribution in [0.1, 0.15) is 18.4 Å². The van der Waals surface area contributed by atoms with E-state index in [0.29, 0.717) is 6.04 Å². The number of carbonyl (C=O) groups is 1. The maximum atomic E-state index is 11.2. The lowest BCUT2D eigenvalue weighted by Gasteiger charge is -2.25. The third kappa shape index (κ3) is 3.13. The van der Waals surface area contributed by atoms with Gasteiger partial charge in [-0.25, -0.2) is 0 Å². The van der Waals surface area contributed by atoms with Gasteiger partial charge in [0, 0.05) is 23.3 Å². The predicted octanol–water partition coefficient (Wildman–Crippen LogP) is 1.43. The molecule has 5 nitrogen and oxygen atoms in total. The molecular weight excluding hydrogens is 264 g/mol. The molecule has 0 atom stereocenters. The number of nitrogens with zero attached hydrogens (tertiary/aromatic N) is 1. The van der Waals surface area contributed by atoms with Gasteiger partial charge in [-0.15, -0.1) is 0 Å². The van der Waals surface area contributed by atoms with Crippen LogP contribution in [0, 0.1) is 0 Å². The summed E-state index contributed by atoms with van der Waals surface area (Å²) >= 11 is 0. The fourth-order valence-electron chi connectivity index (χ4n) is 2.87. The number of aromatic nitrogens is 1. The Morgan fingerprint density at radius 2 is 2.14 bits per heavy atom. The van der Waals surface area contributed by atoms with Crippen LogP contribution in [0.25, 0.3) is 10.9 Å². The average molecular weight is 284 g/mol. The zero-order valence-corrected chi connectivity index (χ0v) is 11.9. The van der Waals surface area contributed by atoms with E-state index in [4.69, 9.17) is 5.73 Å². The van der Waals surface area contributed by atoms with E-state index >= 15 is 0 Å². The first-order valence-corrected chi connectivity index (χ1v) is 7.36. The monoisotopic (exact) mass is 284 g/mol. The van der Waals surface area contributed by atoms with E-state index in [1.165, 1.54) is 0 Å². The summed E-state index contributed by atoms with van der Waals surface area (Å²) in [5, 5.41) is 8.02. The van der Waals surface area contributed by atoms with Gasteiger partial charge in [0.2, 0.25) is 5.91 Å². The molecule has 5 heteroatoms. The lowest BCUT2D eigenvalue weighted by molar-refractivity contribution is -0.117. The number of carbonyl (C=O) groups excluding carboxylic acids is 1. The van der Waals surface area contributed by atoms with Crippen molar-refractivity contribution in [3.63, 3.8) is 0 Å². The van der Waals surface area contributed by atoms with Crippen molar-refractivity contribution in [3.05, 3.63) is 36.0 Å². The summed E-state index contributed by atoms with van der Waals surface area (Å²) in [5.41, 5.74) is 8.14. The molecule has 110 valence electrons. The highest BCUT2D eigenvalue weighted by atomic mass is 16.1. The Morgan fingerprint density at radius 3 is 2.90 bits per heavy atom. The average Bonchev–Trinajstić information content (AvgIpc) is 2.50. The van der Waals surface area contributed by atoms with E-state index in [-0.39, 0.29) is 12.3 Å². The van der Waals surface area contributed by atoms with Crippen molar-refractivity contribution < 1.29 is 4.79 Å². The minimum absolute atomic E-state index is 0.223. The fourth-order valence-corrected chi connectivity index (χ4v) is 2.87. The van der Waals surface area contributed by atoms with E-state index in [2.05, 4.69) is 15.6 Å². The zero-order valence-electron chi connectivity index (χ0n) is 11.9. The molecule has 1 aliphatic heterocycles. The smallest absolute Gasteiger partial charge is 0.221 e. The minimum Gasteiger partial charge on any atom is -0.382 e. The number of piperidine rings is 1. The Bertz CT molecular complexity index is 650. The maximum Gasteiger partial charge on any atom is 0.221 e. The summed E-state index contributed by atoms with van der Waals surface area (Å²) in [6.07, 6.45) is 4.21. The molecule has 2 aromatic rings. The SMILES string of the molecule is NC(=O)Cc1ccc(NC2CCNCC2)c2cccnc12. The van der Waals surface area contributed by atoms with Crippen molar-refractivity contribution in [2.45, 2.75) is 25.3 Å². The molecule has 1 aliphatic rings.